The van der Waals surface area contributed by atoms with Crippen LogP contribution in [0.5, 0.6) is 5.75 Å². The summed E-state index contributed by atoms with van der Waals surface area (Å²) in [6.45, 7) is 4.98. The molecule has 0 radical (unpaired) electrons. The van der Waals surface area contributed by atoms with Crippen LogP contribution in [0.15, 0.2) is 59.5 Å². The Morgan fingerprint density at radius 2 is 1.88 bits per heavy atom. The molecule has 0 aliphatic carbocycles. The number of imidazole rings is 1. The fourth-order valence-corrected chi connectivity index (χ4v) is 4.67. The Morgan fingerprint density at radius 3 is 2.61 bits per heavy atom. The van der Waals surface area contributed by atoms with E-state index in [9.17, 15) is 0 Å². The molecule has 0 saturated carbocycles. The van der Waals surface area contributed by atoms with Gasteiger partial charge < -0.3 is 19.7 Å². The number of nitrogens with zero attached hydrogens (tertiary/aromatic N) is 5. The number of aromatic amines is 1. The van der Waals surface area contributed by atoms with Gasteiger partial charge in [-0.05, 0) is 51.8 Å². The molecule has 0 atom stereocenters. The summed E-state index contributed by atoms with van der Waals surface area (Å²) in [5.41, 5.74) is 4.92. The zero-order valence-electron chi connectivity index (χ0n) is 18.1. The third-order valence-electron chi connectivity index (χ3n) is 5.75. The molecule has 1 fully saturated rings. The molecule has 0 bridgehead atoms. The van der Waals surface area contributed by atoms with Crippen LogP contribution in [-0.2, 0) is 6.54 Å². The molecule has 1 saturated heterocycles. The number of rotatable bonds is 7. The molecule has 1 aliphatic heterocycles. The third-order valence-corrected chi connectivity index (χ3v) is 6.33. The largest absolute Gasteiger partial charge is 0.491 e. The highest BCUT2D eigenvalue weighted by atomic mass is 79.9. The van der Waals surface area contributed by atoms with Gasteiger partial charge in [0, 0.05) is 56.9 Å². The predicted octanol–water partition coefficient (Wildman–Crippen LogP) is 3.48. The highest BCUT2D eigenvalue weighted by Gasteiger charge is 2.23. The summed E-state index contributed by atoms with van der Waals surface area (Å²) in [7, 11) is 0. The van der Waals surface area contributed by atoms with E-state index in [0.29, 0.717) is 5.65 Å². The van der Waals surface area contributed by atoms with Crippen molar-refractivity contribution in [3.05, 3.63) is 65.0 Å². The quantitative estimate of drug-likeness (QED) is 0.394. The summed E-state index contributed by atoms with van der Waals surface area (Å²) in [5.74, 6) is 1.48. The lowest BCUT2D eigenvalue weighted by molar-refractivity contribution is 0.201. The van der Waals surface area contributed by atoms with Gasteiger partial charge in [-0.2, -0.15) is 0 Å². The van der Waals surface area contributed by atoms with E-state index in [4.69, 9.17) is 14.8 Å². The summed E-state index contributed by atoms with van der Waals surface area (Å²) in [6.07, 6.45) is 5.58. The number of nitrogens with one attached hydrogen (secondary N) is 1. The van der Waals surface area contributed by atoms with Crippen molar-refractivity contribution in [2.75, 3.05) is 44.3 Å². The number of hydrogen-bond donors (Lipinski definition) is 2. The van der Waals surface area contributed by atoms with E-state index in [1.54, 1.807) is 0 Å². The normalized spacial score (nSPS) is 14.7. The number of ether oxygens (including phenoxy) is 1. The first-order chi connectivity index (χ1) is 16.2. The minimum atomic E-state index is -0.00757. The molecule has 9 heteroatoms. The SMILES string of the molecule is OCCOc1ccc(-c2nc3ncc(Br)c(N4CCN(Cc5cccnc5)CC4)c3[nH]2)cc1. The molecule has 8 nitrogen and oxygen atoms in total. The molecule has 33 heavy (non-hydrogen) atoms. The molecule has 4 heterocycles. The van der Waals surface area contributed by atoms with Gasteiger partial charge in [-0.15, -0.1) is 0 Å². The zero-order chi connectivity index (χ0) is 22.6. The number of halogens is 1. The maximum absolute atomic E-state index is 8.92. The molecule has 0 spiro atoms. The minimum Gasteiger partial charge on any atom is -0.491 e. The summed E-state index contributed by atoms with van der Waals surface area (Å²) in [5, 5.41) is 8.92. The van der Waals surface area contributed by atoms with Crippen molar-refractivity contribution in [2.45, 2.75) is 6.54 Å². The third kappa shape index (κ3) is 4.85. The van der Waals surface area contributed by atoms with Crippen molar-refractivity contribution in [1.29, 1.82) is 0 Å². The number of aliphatic hydroxyl groups is 1. The number of pyridine rings is 2. The fraction of sp³-hybridized carbons (Fsp3) is 0.292. The minimum absolute atomic E-state index is 0.00757. The van der Waals surface area contributed by atoms with Gasteiger partial charge in [0.2, 0.25) is 0 Å². The van der Waals surface area contributed by atoms with Crippen LogP contribution < -0.4 is 9.64 Å². The summed E-state index contributed by atoms with van der Waals surface area (Å²) in [4.78, 5) is 21.8. The van der Waals surface area contributed by atoms with E-state index < -0.39 is 0 Å². The van der Waals surface area contributed by atoms with Gasteiger partial charge in [-0.25, -0.2) is 9.97 Å². The average molecular weight is 509 g/mol. The van der Waals surface area contributed by atoms with Gasteiger partial charge in [-0.3, -0.25) is 9.88 Å². The van der Waals surface area contributed by atoms with Gasteiger partial charge in [0.05, 0.1) is 16.8 Å². The summed E-state index contributed by atoms with van der Waals surface area (Å²) < 4.78 is 6.41. The number of aromatic nitrogens is 4. The molecule has 3 aromatic heterocycles. The maximum Gasteiger partial charge on any atom is 0.180 e. The number of fused-ring (bicyclic) bond motifs is 1. The number of piperazine rings is 1. The van der Waals surface area contributed by atoms with Crippen molar-refractivity contribution >= 4 is 32.8 Å². The Bertz CT molecular complexity index is 1210. The second kappa shape index (κ2) is 9.86. The Kier molecular flexibility index (Phi) is 6.52. The van der Waals surface area contributed by atoms with Gasteiger partial charge in [-0.1, -0.05) is 6.07 Å². The van der Waals surface area contributed by atoms with E-state index in [1.807, 2.05) is 48.9 Å². The van der Waals surface area contributed by atoms with Crippen LogP contribution in [0.4, 0.5) is 5.69 Å². The molecule has 1 aliphatic rings. The Balaban J connectivity index is 1.34. The summed E-state index contributed by atoms with van der Waals surface area (Å²) in [6, 6.07) is 11.8. The molecule has 0 unspecified atom stereocenters. The van der Waals surface area contributed by atoms with Crippen LogP contribution in [0, 0.1) is 0 Å². The molecule has 1 aromatic carbocycles. The first kappa shape index (κ1) is 21.8. The average Bonchev–Trinajstić information content (AvgIpc) is 3.29. The highest BCUT2D eigenvalue weighted by molar-refractivity contribution is 9.10. The first-order valence-corrected chi connectivity index (χ1v) is 11.7. The Labute approximate surface area is 200 Å². The van der Waals surface area contributed by atoms with Gasteiger partial charge in [0.25, 0.3) is 0 Å². The number of aliphatic hydroxyl groups excluding tert-OH is 1. The Morgan fingerprint density at radius 1 is 1.06 bits per heavy atom. The van der Waals surface area contributed by atoms with Crippen molar-refractivity contribution in [2.24, 2.45) is 0 Å². The Hall–Kier alpha value is -3.01. The smallest absolute Gasteiger partial charge is 0.180 e. The second-order valence-corrected chi connectivity index (χ2v) is 8.81. The highest BCUT2D eigenvalue weighted by Crippen LogP contribution is 2.34. The lowest BCUT2D eigenvalue weighted by atomic mass is 10.2. The molecular formula is C24H25BrN6O2. The van der Waals surface area contributed by atoms with Gasteiger partial charge in [0.15, 0.2) is 5.65 Å². The van der Waals surface area contributed by atoms with Crippen molar-refractivity contribution < 1.29 is 9.84 Å². The van der Waals surface area contributed by atoms with Crippen molar-refractivity contribution in [3.63, 3.8) is 0 Å². The lowest BCUT2D eigenvalue weighted by Crippen LogP contribution is -2.46. The predicted molar refractivity (Wildman–Crippen MR) is 131 cm³/mol. The van der Waals surface area contributed by atoms with E-state index >= 15 is 0 Å². The second-order valence-electron chi connectivity index (χ2n) is 7.96. The van der Waals surface area contributed by atoms with E-state index in [2.05, 4.69) is 46.7 Å². The monoisotopic (exact) mass is 508 g/mol. The van der Waals surface area contributed by atoms with Crippen molar-refractivity contribution in [1.82, 2.24) is 24.8 Å². The molecule has 5 rings (SSSR count). The number of hydrogen-bond acceptors (Lipinski definition) is 7. The van der Waals surface area contributed by atoms with Crippen LogP contribution in [0.1, 0.15) is 5.56 Å². The van der Waals surface area contributed by atoms with Gasteiger partial charge in [0.1, 0.15) is 23.7 Å². The summed E-state index contributed by atoms with van der Waals surface area (Å²) >= 11 is 3.71. The molecule has 2 N–H and O–H groups in total. The maximum atomic E-state index is 8.92. The number of benzene rings is 1. The fourth-order valence-electron chi connectivity index (χ4n) is 4.12. The topological polar surface area (TPSA) is 90.4 Å². The van der Waals surface area contributed by atoms with E-state index in [1.165, 1.54) is 5.56 Å². The van der Waals surface area contributed by atoms with Crippen LogP contribution in [0.2, 0.25) is 0 Å². The first-order valence-electron chi connectivity index (χ1n) is 11.0. The van der Waals surface area contributed by atoms with Crippen LogP contribution >= 0.6 is 15.9 Å². The number of anilines is 1. The standard InChI is InChI=1S/C24H25BrN6O2/c25-20-15-27-24-21(28-23(29-24)18-3-5-19(6-4-18)33-13-12-32)22(20)31-10-8-30(9-11-31)16-17-2-1-7-26-14-17/h1-7,14-15,32H,8-13,16H2,(H,27,28,29). The molecule has 4 aromatic rings. The zero-order valence-corrected chi connectivity index (χ0v) is 19.7. The van der Waals surface area contributed by atoms with E-state index in [-0.39, 0.29) is 13.2 Å². The van der Waals surface area contributed by atoms with Gasteiger partial charge >= 0.3 is 0 Å². The van der Waals surface area contributed by atoms with Crippen LogP contribution in [0.25, 0.3) is 22.6 Å². The molecule has 0 amide bonds. The van der Waals surface area contributed by atoms with Crippen molar-refractivity contribution in [3.8, 4) is 17.1 Å². The van der Waals surface area contributed by atoms with Crippen LogP contribution in [0.3, 0.4) is 0 Å². The lowest BCUT2D eigenvalue weighted by Gasteiger charge is -2.36. The number of H-pyrrole nitrogens is 1. The van der Waals surface area contributed by atoms with E-state index in [0.717, 1.165) is 65.5 Å². The van der Waals surface area contributed by atoms with Crippen LogP contribution in [-0.4, -0.2) is 69.3 Å². The molecule has 170 valence electrons. The molecular weight excluding hydrogens is 484 g/mol.